The van der Waals surface area contributed by atoms with Crippen molar-refractivity contribution in [2.75, 3.05) is 0 Å². The van der Waals surface area contributed by atoms with Crippen LogP contribution in [-0.4, -0.2) is 22.0 Å². The molecular formula is C18H24N2O2S. The van der Waals surface area contributed by atoms with Crippen LogP contribution < -0.4 is 0 Å². The van der Waals surface area contributed by atoms with E-state index >= 15 is 0 Å². The third kappa shape index (κ3) is 5.47. The SMILES string of the molecule is CC(C)(C)OC(=O)N(Sc1cccc(C#N)c1)C1CCCCC1. The Balaban J connectivity index is 2.18. The first-order valence-electron chi connectivity index (χ1n) is 8.09. The lowest BCUT2D eigenvalue weighted by Crippen LogP contribution is -2.40. The van der Waals surface area contributed by atoms with Crippen LogP contribution in [0, 0.1) is 11.3 Å². The molecule has 0 aliphatic heterocycles. The molecular weight excluding hydrogens is 308 g/mol. The maximum Gasteiger partial charge on any atom is 0.420 e. The molecule has 4 nitrogen and oxygen atoms in total. The van der Waals surface area contributed by atoms with Gasteiger partial charge in [0.2, 0.25) is 0 Å². The van der Waals surface area contributed by atoms with Crippen LogP contribution in [0.25, 0.3) is 0 Å². The second kappa shape index (κ2) is 7.74. The second-order valence-corrected chi connectivity index (χ2v) is 7.88. The Morgan fingerprint density at radius 3 is 2.61 bits per heavy atom. The molecule has 0 atom stereocenters. The highest BCUT2D eigenvalue weighted by molar-refractivity contribution is 7.97. The number of ether oxygens (including phenoxy) is 1. The normalized spacial score (nSPS) is 15.7. The summed E-state index contributed by atoms with van der Waals surface area (Å²) < 4.78 is 7.35. The van der Waals surface area contributed by atoms with Gasteiger partial charge < -0.3 is 4.74 Å². The maximum atomic E-state index is 12.6. The van der Waals surface area contributed by atoms with Gasteiger partial charge in [-0.1, -0.05) is 25.3 Å². The number of hydrogen-bond acceptors (Lipinski definition) is 4. The highest BCUT2D eigenvalue weighted by Gasteiger charge is 2.30. The fourth-order valence-corrected chi connectivity index (χ4v) is 3.64. The van der Waals surface area contributed by atoms with Crippen LogP contribution in [0.1, 0.15) is 58.4 Å². The highest BCUT2D eigenvalue weighted by Crippen LogP contribution is 2.33. The molecule has 1 saturated carbocycles. The summed E-state index contributed by atoms with van der Waals surface area (Å²) in [4.78, 5) is 13.5. The van der Waals surface area contributed by atoms with Gasteiger partial charge in [-0.25, -0.2) is 9.10 Å². The second-order valence-electron chi connectivity index (χ2n) is 6.83. The molecule has 1 aromatic rings. The van der Waals surface area contributed by atoms with E-state index < -0.39 is 5.60 Å². The predicted octanol–water partition coefficient (Wildman–Crippen LogP) is 5.14. The summed E-state index contributed by atoms with van der Waals surface area (Å²) in [5.74, 6) is 0. The van der Waals surface area contributed by atoms with E-state index in [1.165, 1.54) is 18.4 Å². The van der Waals surface area contributed by atoms with Crippen LogP contribution in [0.3, 0.4) is 0 Å². The number of nitriles is 1. The van der Waals surface area contributed by atoms with Gasteiger partial charge in [-0.05, 0) is 63.8 Å². The van der Waals surface area contributed by atoms with Crippen LogP contribution in [0.4, 0.5) is 4.79 Å². The summed E-state index contributed by atoms with van der Waals surface area (Å²) in [6.07, 6.45) is 5.23. The fraction of sp³-hybridized carbons (Fsp3) is 0.556. The van der Waals surface area contributed by atoms with E-state index in [2.05, 4.69) is 6.07 Å². The summed E-state index contributed by atoms with van der Waals surface area (Å²) in [6.45, 7) is 5.64. The average Bonchev–Trinajstić information content (AvgIpc) is 2.52. The summed E-state index contributed by atoms with van der Waals surface area (Å²) in [5.41, 5.74) is 0.0850. The first-order chi connectivity index (χ1) is 10.9. The van der Waals surface area contributed by atoms with Crippen LogP contribution in [-0.2, 0) is 4.74 Å². The van der Waals surface area contributed by atoms with E-state index in [0.717, 1.165) is 30.6 Å². The van der Waals surface area contributed by atoms with E-state index in [0.29, 0.717) is 5.56 Å². The molecule has 0 saturated heterocycles. The smallest absolute Gasteiger partial charge is 0.420 e. The third-order valence-electron chi connectivity index (χ3n) is 3.65. The Morgan fingerprint density at radius 1 is 1.30 bits per heavy atom. The van der Waals surface area contributed by atoms with E-state index in [9.17, 15) is 4.79 Å². The molecule has 1 aliphatic rings. The van der Waals surface area contributed by atoms with Gasteiger partial charge in [0.15, 0.2) is 0 Å². The number of amides is 1. The average molecular weight is 332 g/mol. The molecule has 0 aromatic heterocycles. The summed E-state index contributed by atoms with van der Waals surface area (Å²) in [7, 11) is 0. The molecule has 1 aliphatic carbocycles. The van der Waals surface area contributed by atoms with Gasteiger partial charge in [0.25, 0.3) is 0 Å². The minimum Gasteiger partial charge on any atom is -0.443 e. The molecule has 0 bridgehead atoms. The van der Waals surface area contributed by atoms with Gasteiger partial charge in [0.05, 0.1) is 11.6 Å². The van der Waals surface area contributed by atoms with Gasteiger partial charge in [-0.3, -0.25) is 0 Å². The monoisotopic (exact) mass is 332 g/mol. The number of benzene rings is 1. The van der Waals surface area contributed by atoms with E-state index in [1.807, 2.05) is 39.0 Å². The molecule has 5 heteroatoms. The summed E-state index contributed by atoms with van der Waals surface area (Å²) in [6, 6.07) is 9.67. The minimum absolute atomic E-state index is 0.189. The number of carbonyl (C=O) groups is 1. The van der Waals surface area contributed by atoms with Crippen molar-refractivity contribution in [2.24, 2.45) is 0 Å². The predicted molar refractivity (Wildman–Crippen MR) is 92.0 cm³/mol. The van der Waals surface area contributed by atoms with Crippen LogP contribution in [0.15, 0.2) is 29.2 Å². The molecule has 0 heterocycles. The Kier molecular flexibility index (Phi) is 5.95. The molecule has 1 fully saturated rings. The Labute approximate surface area is 142 Å². The van der Waals surface area contributed by atoms with Crippen molar-refractivity contribution in [3.63, 3.8) is 0 Å². The standard InChI is InChI=1S/C18H24N2O2S/c1-18(2,3)22-17(21)20(15-9-5-4-6-10-15)23-16-11-7-8-14(12-16)13-19/h7-8,11-12,15H,4-6,9-10H2,1-3H3. The molecule has 2 rings (SSSR count). The van der Waals surface area contributed by atoms with Gasteiger partial charge >= 0.3 is 6.09 Å². The molecule has 0 spiro atoms. The molecule has 124 valence electrons. The Morgan fingerprint density at radius 2 is 2.00 bits per heavy atom. The van der Waals surface area contributed by atoms with Gasteiger partial charge in [-0.2, -0.15) is 5.26 Å². The zero-order valence-electron chi connectivity index (χ0n) is 14.0. The van der Waals surface area contributed by atoms with Crippen LogP contribution in [0.2, 0.25) is 0 Å². The maximum absolute atomic E-state index is 12.6. The zero-order chi connectivity index (χ0) is 16.9. The first kappa shape index (κ1) is 17.7. The van der Waals surface area contributed by atoms with Gasteiger partial charge in [0, 0.05) is 10.9 Å². The summed E-state index contributed by atoms with van der Waals surface area (Å²) in [5, 5.41) is 9.04. The van der Waals surface area contributed by atoms with E-state index in [4.69, 9.17) is 10.00 Å². The summed E-state index contributed by atoms with van der Waals surface area (Å²) >= 11 is 1.38. The van der Waals surface area contributed by atoms with Crippen molar-refractivity contribution in [2.45, 2.75) is 69.4 Å². The van der Waals surface area contributed by atoms with Crippen molar-refractivity contribution in [1.29, 1.82) is 5.26 Å². The van der Waals surface area contributed by atoms with Crippen LogP contribution in [0.5, 0.6) is 0 Å². The largest absolute Gasteiger partial charge is 0.443 e. The number of hydrogen-bond donors (Lipinski definition) is 0. The van der Waals surface area contributed by atoms with Crippen molar-refractivity contribution < 1.29 is 9.53 Å². The van der Waals surface area contributed by atoms with E-state index in [1.54, 1.807) is 10.4 Å². The van der Waals surface area contributed by atoms with Crippen molar-refractivity contribution in [3.8, 4) is 6.07 Å². The van der Waals surface area contributed by atoms with Crippen molar-refractivity contribution in [1.82, 2.24) is 4.31 Å². The van der Waals surface area contributed by atoms with Crippen molar-refractivity contribution in [3.05, 3.63) is 29.8 Å². The van der Waals surface area contributed by atoms with Crippen molar-refractivity contribution >= 4 is 18.0 Å². The van der Waals surface area contributed by atoms with Crippen LogP contribution >= 0.6 is 11.9 Å². The van der Waals surface area contributed by atoms with Gasteiger partial charge in [0.1, 0.15) is 5.60 Å². The molecule has 0 unspecified atom stereocenters. The quantitative estimate of drug-likeness (QED) is 0.720. The zero-order valence-corrected chi connectivity index (χ0v) is 14.9. The molecule has 0 radical (unpaired) electrons. The number of nitrogens with zero attached hydrogens (tertiary/aromatic N) is 2. The lowest BCUT2D eigenvalue weighted by atomic mass is 9.96. The topological polar surface area (TPSA) is 53.3 Å². The molecule has 1 amide bonds. The Bertz CT molecular complexity index is 583. The van der Waals surface area contributed by atoms with E-state index in [-0.39, 0.29) is 12.1 Å². The highest BCUT2D eigenvalue weighted by atomic mass is 32.2. The molecule has 1 aromatic carbocycles. The lowest BCUT2D eigenvalue weighted by molar-refractivity contribution is 0.0333. The first-order valence-corrected chi connectivity index (χ1v) is 8.87. The lowest BCUT2D eigenvalue weighted by Gasteiger charge is -2.34. The van der Waals surface area contributed by atoms with Gasteiger partial charge in [-0.15, -0.1) is 0 Å². The Hall–Kier alpha value is -1.67. The molecule has 0 N–H and O–H groups in total. The molecule has 23 heavy (non-hydrogen) atoms. The number of rotatable bonds is 3. The minimum atomic E-state index is -0.515. The third-order valence-corrected chi connectivity index (χ3v) is 4.76. The number of carbonyl (C=O) groups excluding carboxylic acids is 1. The fourth-order valence-electron chi connectivity index (χ4n) is 2.62.